The van der Waals surface area contributed by atoms with Crippen molar-refractivity contribution in [3.8, 4) is 16.9 Å². The number of pyridine rings is 1. The molecule has 0 saturated heterocycles. The van der Waals surface area contributed by atoms with Crippen LogP contribution < -0.4 is 4.74 Å². The molecule has 4 aromatic rings. The molecule has 0 radical (unpaired) electrons. The van der Waals surface area contributed by atoms with Crippen LogP contribution in [-0.4, -0.2) is 27.2 Å². The summed E-state index contributed by atoms with van der Waals surface area (Å²) in [7, 11) is 0. The highest BCUT2D eigenvalue weighted by molar-refractivity contribution is 6.00. The fourth-order valence-corrected chi connectivity index (χ4v) is 3.82. The van der Waals surface area contributed by atoms with Crippen molar-refractivity contribution in [2.24, 2.45) is 5.16 Å². The summed E-state index contributed by atoms with van der Waals surface area (Å²) in [6.45, 7) is 0. The minimum absolute atomic E-state index is 0.0269. The summed E-state index contributed by atoms with van der Waals surface area (Å²) in [5, 5.41) is 22.1. The molecule has 1 aromatic heterocycles. The molecule has 1 unspecified atom stereocenters. The predicted molar refractivity (Wildman–Crippen MR) is 126 cm³/mol. The maximum atomic E-state index is 10.8. The van der Waals surface area contributed by atoms with Gasteiger partial charge in [-0.2, -0.15) is 0 Å². The fraction of sp³-hybridized carbons (Fsp3) is 0.0741. The van der Waals surface area contributed by atoms with Crippen molar-refractivity contribution in [1.82, 2.24) is 4.98 Å². The Morgan fingerprint density at radius 3 is 2.21 bits per heavy atom. The first-order valence-electron chi connectivity index (χ1n) is 10.4. The number of carboxylic acid groups (broad SMARTS) is 1. The molecule has 0 spiro atoms. The van der Waals surface area contributed by atoms with Crippen LogP contribution in [0.4, 0.5) is 4.79 Å². The number of nitrogens with zero attached hydrogens (tertiary/aromatic N) is 2. The number of carbonyl (C=O) groups is 1. The summed E-state index contributed by atoms with van der Waals surface area (Å²) < 4.78 is 4.77. The number of ether oxygens (including phenoxy) is 1. The van der Waals surface area contributed by atoms with Crippen LogP contribution in [0.5, 0.6) is 5.75 Å². The van der Waals surface area contributed by atoms with Crippen LogP contribution >= 0.6 is 0 Å². The zero-order valence-corrected chi connectivity index (χ0v) is 17.7. The smallest absolute Gasteiger partial charge is 0.449 e. The first-order valence-corrected chi connectivity index (χ1v) is 10.4. The Morgan fingerprint density at radius 1 is 0.848 bits per heavy atom. The lowest BCUT2D eigenvalue weighted by molar-refractivity contribution is 0.144. The normalized spacial score (nSPS) is 12.2. The van der Waals surface area contributed by atoms with Crippen LogP contribution in [0.15, 0.2) is 109 Å². The average Bonchev–Trinajstić information content (AvgIpc) is 2.86. The van der Waals surface area contributed by atoms with Gasteiger partial charge in [0, 0.05) is 30.3 Å². The third-order valence-electron chi connectivity index (χ3n) is 5.42. The van der Waals surface area contributed by atoms with E-state index in [1.54, 1.807) is 30.6 Å². The average molecular weight is 438 g/mol. The number of rotatable bonds is 7. The van der Waals surface area contributed by atoms with E-state index in [0.717, 1.165) is 27.8 Å². The van der Waals surface area contributed by atoms with Crippen molar-refractivity contribution in [1.29, 1.82) is 0 Å². The number of hydrogen-bond acceptors (Lipinski definition) is 5. The van der Waals surface area contributed by atoms with Crippen molar-refractivity contribution >= 4 is 11.9 Å². The van der Waals surface area contributed by atoms with Crippen molar-refractivity contribution in [3.05, 3.63) is 120 Å². The fourth-order valence-electron chi connectivity index (χ4n) is 3.82. The molecule has 3 aromatic carbocycles. The molecule has 164 valence electrons. The van der Waals surface area contributed by atoms with Crippen LogP contribution in [0, 0.1) is 0 Å². The monoisotopic (exact) mass is 438 g/mol. The highest BCUT2D eigenvalue weighted by Crippen LogP contribution is 2.32. The molecule has 0 aliphatic rings. The van der Waals surface area contributed by atoms with Gasteiger partial charge in [-0.15, -0.1) is 0 Å². The zero-order valence-electron chi connectivity index (χ0n) is 17.7. The van der Waals surface area contributed by atoms with Crippen molar-refractivity contribution in [2.75, 3.05) is 0 Å². The van der Waals surface area contributed by atoms with Crippen LogP contribution in [0.2, 0.25) is 0 Å². The summed E-state index contributed by atoms with van der Waals surface area (Å²) in [5.74, 6) is 0.244. The highest BCUT2D eigenvalue weighted by Gasteiger charge is 2.19. The second kappa shape index (κ2) is 10.2. The maximum absolute atomic E-state index is 10.8. The maximum Gasteiger partial charge on any atom is 0.511 e. The van der Waals surface area contributed by atoms with E-state index in [2.05, 4.69) is 22.3 Å². The van der Waals surface area contributed by atoms with Gasteiger partial charge in [-0.25, -0.2) is 4.79 Å². The van der Waals surface area contributed by atoms with E-state index in [0.29, 0.717) is 12.1 Å². The molecule has 1 atom stereocenters. The molecule has 0 fully saturated rings. The Kier molecular flexibility index (Phi) is 6.75. The van der Waals surface area contributed by atoms with Gasteiger partial charge in [-0.3, -0.25) is 4.98 Å². The third-order valence-corrected chi connectivity index (χ3v) is 5.42. The van der Waals surface area contributed by atoms with E-state index in [1.807, 2.05) is 60.7 Å². The summed E-state index contributed by atoms with van der Waals surface area (Å²) in [6, 6.07) is 28.8. The summed E-state index contributed by atoms with van der Waals surface area (Å²) in [5.41, 5.74) is 5.36. The Hall–Kier alpha value is -4.45. The quantitative estimate of drug-likeness (QED) is 0.118. The second-order valence-electron chi connectivity index (χ2n) is 7.47. The van der Waals surface area contributed by atoms with Crippen molar-refractivity contribution in [3.63, 3.8) is 0 Å². The summed E-state index contributed by atoms with van der Waals surface area (Å²) in [6.07, 6.45) is 2.51. The highest BCUT2D eigenvalue weighted by atomic mass is 16.7. The topological polar surface area (TPSA) is 92.0 Å². The first kappa shape index (κ1) is 21.8. The van der Waals surface area contributed by atoms with Crippen LogP contribution in [-0.2, 0) is 0 Å². The molecule has 6 heteroatoms. The Morgan fingerprint density at radius 2 is 1.55 bits per heavy atom. The first-order chi connectivity index (χ1) is 16.1. The van der Waals surface area contributed by atoms with Gasteiger partial charge in [0.25, 0.3) is 0 Å². The molecule has 2 N–H and O–H groups in total. The Bertz CT molecular complexity index is 1240. The zero-order chi connectivity index (χ0) is 23.0. The molecular formula is C27H22N2O4. The third kappa shape index (κ3) is 5.43. The van der Waals surface area contributed by atoms with E-state index in [-0.39, 0.29) is 11.7 Å². The van der Waals surface area contributed by atoms with E-state index < -0.39 is 6.16 Å². The van der Waals surface area contributed by atoms with Gasteiger partial charge < -0.3 is 15.1 Å². The van der Waals surface area contributed by atoms with Crippen molar-refractivity contribution < 1.29 is 19.8 Å². The van der Waals surface area contributed by atoms with E-state index in [4.69, 9.17) is 9.84 Å². The summed E-state index contributed by atoms with van der Waals surface area (Å²) in [4.78, 5) is 14.9. The number of oxime groups is 1. The standard InChI is InChI=1S/C27H22N2O4/c30-27(31)33-24-8-4-7-23(17-24)19-9-11-21(12-10-19)25(20-5-2-1-3-6-20)18-26(29-32)22-13-15-28-16-14-22/h1-17,25,32H,18H2,(H,30,31)/b29-26+. The number of hydrogen-bond donors (Lipinski definition) is 2. The molecule has 0 bridgehead atoms. The summed E-state index contributed by atoms with van der Waals surface area (Å²) >= 11 is 0. The van der Waals surface area contributed by atoms with E-state index in [9.17, 15) is 10.0 Å². The predicted octanol–water partition coefficient (Wildman–Crippen LogP) is 6.21. The largest absolute Gasteiger partial charge is 0.511 e. The van der Waals surface area contributed by atoms with Crippen LogP contribution in [0.25, 0.3) is 11.1 Å². The van der Waals surface area contributed by atoms with Gasteiger partial charge in [0.2, 0.25) is 0 Å². The Balaban J connectivity index is 1.65. The molecule has 4 rings (SSSR count). The number of aromatic nitrogens is 1. The van der Waals surface area contributed by atoms with Gasteiger partial charge in [-0.05, 0) is 46.5 Å². The number of benzene rings is 3. The van der Waals surface area contributed by atoms with Gasteiger partial charge in [0.1, 0.15) is 5.75 Å². The minimum Gasteiger partial charge on any atom is -0.449 e. The molecule has 1 heterocycles. The lowest BCUT2D eigenvalue weighted by Crippen LogP contribution is -2.10. The molecule has 0 amide bonds. The Labute approximate surface area is 191 Å². The van der Waals surface area contributed by atoms with E-state index in [1.165, 1.54) is 0 Å². The minimum atomic E-state index is -1.34. The van der Waals surface area contributed by atoms with Crippen LogP contribution in [0.3, 0.4) is 0 Å². The molecular weight excluding hydrogens is 416 g/mol. The van der Waals surface area contributed by atoms with Crippen molar-refractivity contribution in [2.45, 2.75) is 12.3 Å². The molecule has 0 aliphatic heterocycles. The molecule has 0 aliphatic carbocycles. The lowest BCUT2D eigenvalue weighted by atomic mass is 9.85. The van der Waals surface area contributed by atoms with Gasteiger partial charge in [0.05, 0.1) is 5.71 Å². The molecule has 6 nitrogen and oxygen atoms in total. The lowest BCUT2D eigenvalue weighted by Gasteiger charge is -2.19. The second-order valence-corrected chi connectivity index (χ2v) is 7.47. The van der Waals surface area contributed by atoms with Crippen LogP contribution in [0.1, 0.15) is 29.0 Å². The molecule has 33 heavy (non-hydrogen) atoms. The van der Waals surface area contributed by atoms with Gasteiger partial charge in [0.15, 0.2) is 0 Å². The SMILES string of the molecule is O=C(O)Oc1cccc(-c2ccc(C(C/C(=N\O)c3ccncc3)c3ccccc3)cc2)c1. The van der Waals surface area contributed by atoms with E-state index >= 15 is 0 Å². The van der Waals surface area contributed by atoms with Gasteiger partial charge in [-0.1, -0.05) is 71.9 Å². The molecule has 0 saturated carbocycles. The van der Waals surface area contributed by atoms with Gasteiger partial charge >= 0.3 is 6.16 Å².